The Labute approximate surface area is 137 Å². The number of benzene rings is 1. The highest BCUT2D eigenvalue weighted by atomic mass is 16.5. The number of unbranched alkanes of at least 4 members (excludes halogenated alkanes) is 1. The van der Waals surface area contributed by atoms with E-state index in [0.717, 1.165) is 19.3 Å². The molecule has 2 heterocycles. The molecular weight excluding hydrogens is 292 g/mol. The van der Waals surface area contributed by atoms with Gasteiger partial charge in [-0.05, 0) is 30.5 Å². The molecular formula is C18H24N2O3. The first-order valence-corrected chi connectivity index (χ1v) is 8.48. The van der Waals surface area contributed by atoms with E-state index in [4.69, 9.17) is 4.74 Å². The number of ether oxygens (including phenoxy) is 1. The minimum atomic E-state index is -0.328. The largest absolute Gasteiger partial charge is 0.379 e. The summed E-state index contributed by atoms with van der Waals surface area (Å²) in [5, 5.41) is 0. The lowest BCUT2D eigenvalue weighted by atomic mass is 10.1. The summed E-state index contributed by atoms with van der Waals surface area (Å²) in [5.74, 6) is -0.203. The second kappa shape index (κ2) is 7.23. The number of rotatable bonds is 5. The summed E-state index contributed by atoms with van der Waals surface area (Å²) in [6, 6.07) is 7.50. The van der Waals surface area contributed by atoms with E-state index in [1.165, 1.54) is 10.5 Å². The molecule has 23 heavy (non-hydrogen) atoms. The van der Waals surface area contributed by atoms with Crippen molar-refractivity contribution in [1.29, 1.82) is 0 Å². The fourth-order valence-corrected chi connectivity index (χ4v) is 3.25. The number of nitrogens with zero attached hydrogens (tertiary/aromatic N) is 2. The summed E-state index contributed by atoms with van der Waals surface area (Å²) in [4.78, 5) is 28.5. The van der Waals surface area contributed by atoms with Gasteiger partial charge in [0.25, 0.3) is 5.91 Å². The van der Waals surface area contributed by atoms with Crippen LogP contribution in [-0.4, -0.2) is 49.1 Å². The fourth-order valence-electron chi connectivity index (χ4n) is 3.25. The highest BCUT2D eigenvalue weighted by Gasteiger charge is 2.42. The molecule has 5 nitrogen and oxygen atoms in total. The summed E-state index contributed by atoms with van der Waals surface area (Å²) in [6.45, 7) is 4.86. The SMILES string of the molecule is CCCCc1ccc(N2C(=O)C[C@H](N3CCOCC3)C2=O)cc1. The van der Waals surface area contributed by atoms with Gasteiger partial charge < -0.3 is 4.74 Å². The number of carbonyl (C=O) groups is 2. The van der Waals surface area contributed by atoms with Gasteiger partial charge in [0, 0.05) is 13.1 Å². The van der Waals surface area contributed by atoms with E-state index >= 15 is 0 Å². The number of aryl methyl sites for hydroxylation is 1. The maximum absolute atomic E-state index is 12.7. The van der Waals surface area contributed by atoms with Crippen LogP contribution in [-0.2, 0) is 20.7 Å². The molecule has 0 spiro atoms. The first kappa shape index (κ1) is 16.1. The normalized spacial score (nSPS) is 22.8. The third kappa shape index (κ3) is 3.46. The van der Waals surface area contributed by atoms with Gasteiger partial charge in [-0.3, -0.25) is 14.5 Å². The van der Waals surface area contributed by atoms with Crippen LogP contribution >= 0.6 is 0 Å². The van der Waals surface area contributed by atoms with Gasteiger partial charge in [0.15, 0.2) is 0 Å². The summed E-state index contributed by atoms with van der Waals surface area (Å²) in [6.07, 6.45) is 3.62. The molecule has 3 rings (SSSR count). The first-order valence-electron chi connectivity index (χ1n) is 8.48. The number of imide groups is 1. The standard InChI is InChI=1S/C18H24N2O3/c1-2-3-4-14-5-7-15(8-6-14)20-17(21)13-16(18(20)22)19-9-11-23-12-10-19/h5-8,16H,2-4,9-13H2,1H3/t16-/m0/s1. The zero-order valence-corrected chi connectivity index (χ0v) is 13.7. The van der Waals surface area contributed by atoms with E-state index in [1.807, 2.05) is 24.3 Å². The lowest BCUT2D eigenvalue weighted by molar-refractivity contribution is -0.123. The van der Waals surface area contributed by atoms with Crippen molar-refractivity contribution in [2.24, 2.45) is 0 Å². The van der Waals surface area contributed by atoms with Crippen molar-refractivity contribution in [3.63, 3.8) is 0 Å². The van der Waals surface area contributed by atoms with E-state index in [1.54, 1.807) is 0 Å². The molecule has 1 atom stereocenters. The monoisotopic (exact) mass is 316 g/mol. The van der Waals surface area contributed by atoms with Gasteiger partial charge in [-0.25, -0.2) is 4.90 Å². The number of carbonyl (C=O) groups excluding carboxylic acids is 2. The molecule has 2 amide bonds. The van der Waals surface area contributed by atoms with Crippen LogP contribution in [0.15, 0.2) is 24.3 Å². The molecule has 0 unspecified atom stereocenters. The van der Waals surface area contributed by atoms with Crippen LogP contribution < -0.4 is 4.90 Å². The van der Waals surface area contributed by atoms with E-state index in [9.17, 15) is 9.59 Å². The molecule has 2 saturated heterocycles. The number of anilines is 1. The molecule has 1 aromatic carbocycles. The lowest BCUT2D eigenvalue weighted by Crippen LogP contribution is -2.47. The van der Waals surface area contributed by atoms with E-state index < -0.39 is 0 Å². The zero-order valence-electron chi connectivity index (χ0n) is 13.7. The van der Waals surface area contributed by atoms with Crippen LogP contribution in [0.5, 0.6) is 0 Å². The predicted molar refractivity (Wildman–Crippen MR) is 88.3 cm³/mol. The zero-order chi connectivity index (χ0) is 16.2. The molecule has 0 aromatic heterocycles. The van der Waals surface area contributed by atoms with E-state index in [-0.39, 0.29) is 24.3 Å². The predicted octanol–water partition coefficient (Wildman–Crippen LogP) is 1.99. The van der Waals surface area contributed by atoms with Crippen LogP contribution in [0.4, 0.5) is 5.69 Å². The number of morpholine rings is 1. The van der Waals surface area contributed by atoms with Gasteiger partial charge in [0.05, 0.1) is 31.4 Å². The maximum Gasteiger partial charge on any atom is 0.251 e. The Kier molecular flexibility index (Phi) is 5.08. The Morgan fingerprint density at radius 1 is 1.13 bits per heavy atom. The number of hydrogen-bond acceptors (Lipinski definition) is 4. The molecule has 0 bridgehead atoms. The van der Waals surface area contributed by atoms with Crippen molar-refractivity contribution in [2.75, 3.05) is 31.2 Å². The van der Waals surface area contributed by atoms with Gasteiger partial charge >= 0.3 is 0 Å². The quantitative estimate of drug-likeness (QED) is 0.780. The van der Waals surface area contributed by atoms with Gasteiger partial charge in [-0.2, -0.15) is 0 Å². The van der Waals surface area contributed by atoms with E-state index in [2.05, 4.69) is 11.8 Å². The minimum absolute atomic E-state index is 0.0989. The minimum Gasteiger partial charge on any atom is -0.379 e. The topological polar surface area (TPSA) is 49.9 Å². The van der Waals surface area contributed by atoms with Gasteiger partial charge in [-0.1, -0.05) is 25.5 Å². The highest BCUT2D eigenvalue weighted by Crippen LogP contribution is 2.26. The van der Waals surface area contributed by atoms with Crippen molar-refractivity contribution >= 4 is 17.5 Å². The lowest BCUT2D eigenvalue weighted by Gasteiger charge is -2.30. The Hall–Kier alpha value is -1.72. The first-order chi connectivity index (χ1) is 11.2. The third-order valence-corrected chi connectivity index (χ3v) is 4.62. The third-order valence-electron chi connectivity index (χ3n) is 4.62. The molecule has 2 aliphatic heterocycles. The fraction of sp³-hybridized carbons (Fsp3) is 0.556. The molecule has 0 radical (unpaired) electrons. The molecule has 0 aliphatic carbocycles. The molecule has 2 fully saturated rings. The molecule has 2 aliphatic rings. The van der Waals surface area contributed by atoms with Crippen molar-refractivity contribution in [1.82, 2.24) is 4.90 Å². The average molecular weight is 316 g/mol. The van der Waals surface area contributed by atoms with Crippen LogP contribution in [0.25, 0.3) is 0 Å². The molecule has 5 heteroatoms. The van der Waals surface area contributed by atoms with Gasteiger partial charge in [-0.15, -0.1) is 0 Å². The Morgan fingerprint density at radius 3 is 2.48 bits per heavy atom. The smallest absolute Gasteiger partial charge is 0.251 e. The van der Waals surface area contributed by atoms with Crippen molar-refractivity contribution in [3.8, 4) is 0 Å². The number of hydrogen-bond donors (Lipinski definition) is 0. The van der Waals surface area contributed by atoms with Gasteiger partial charge in [0.2, 0.25) is 5.91 Å². The maximum atomic E-state index is 12.7. The van der Waals surface area contributed by atoms with Crippen molar-refractivity contribution in [2.45, 2.75) is 38.6 Å². The summed E-state index contributed by atoms with van der Waals surface area (Å²) >= 11 is 0. The summed E-state index contributed by atoms with van der Waals surface area (Å²) in [5.41, 5.74) is 1.94. The Balaban J connectivity index is 1.71. The van der Waals surface area contributed by atoms with Crippen LogP contribution in [0.3, 0.4) is 0 Å². The second-order valence-electron chi connectivity index (χ2n) is 6.21. The molecule has 1 aromatic rings. The average Bonchev–Trinajstić information content (AvgIpc) is 2.89. The highest BCUT2D eigenvalue weighted by molar-refractivity contribution is 6.22. The Bertz CT molecular complexity index is 564. The van der Waals surface area contributed by atoms with Gasteiger partial charge in [0.1, 0.15) is 0 Å². The van der Waals surface area contributed by atoms with Crippen LogP contribution in [0, 0.1) is 0 Å². The second-order valence-corrected chi connectivity index (χ2v) is 6.21. The molecule has 0 saturated carbocycles. The molecule has 0 N–H and O–H groups in total. The number of amides is 2. The summed E-state index contributed by atoms with van der Waals surface area (Å²) < 4.78 is 5.33. The van der Waals surface area contributed by atoms with E-state index in [0.29, 0.717) is 32.0 Å². The van der Waals surface area contributed by atoms with Crippen LogP contribution in [0.1, 0.15) is 31.7 Å². The van der Waals surface area contributed by atoms with Crippen LogP contribution in [0.2, 0.25) is 0 Å². The summed E-state index contributed by atoms with van der Waals surface area (Å²) in [7, 11) is 0. The van der Waals surface area contributed by atoms with Crippen molar-refractivity contribution < 1.29 is 14.3 Å². The molecule has 124 valence electrons. The van der Waals surface area contributed by atoms with Crippen molar-refractivity contribution in [3.05, 3.63) is 29.8 Å². The Morgan fingerprint density at radius 2 is 1.83 bits per heavy atom.